The molecule has 146 valence electrons. The van der Waals surface area contributed by atoms with Crippen LogP contribution in [0.4, 0.5) is 0 Å². The largest absolute Gasteiger partial charge is 0.342 e. The summed E-state index contributed by atoms with van der Waals surface area (Å²) >= 11 is 12.1. The first-order valence-electron chi connectivity index (χ1n) is 9.65. The monoisotopic (exact) mass is 408 g/mol. The van der Waals surface area contributed by atoms with Crippen molar-refractivity contribution in [1.82, 2.24) is 9.80 Å². The normalized spacial score (nSPS) is 21.7. The van der Waals surface area contributed by atoms with E-state index in [0.717, 1.165) is 37.9 Å². The standard InChI is InChI=1S/C21H26Cl2N2O2/c1-15-3-2-10-25(14-15)21(27)16-8-11-24(12-9-16)20(26)7-4-17-13-18(22)5-6-19(17)23/h4-7,13,15-16H,2-3,8-12,14H2,1H3. The number of likely N-dealkylation sites (tertiary alicyclic amines) is 2. The lowest BCUT2D eigenvalue weighted by Crippen LogP contribution is -2.46. The molecule has 0 aliphatic carbocycles. The molecule has 0 aromatic heterocycles. The molecule has 0 saturated carbocycles. The van der Waals surface area contributed by atoms with E-state index < -0.39 is 0 Å². The first-order chi connectivity index (χ1) is 12.9. The molecule has 2 fully saturated rings. The number of rotatable bonds is 3. The fourth-order valence-corrected chi connectivity index (χ4v) is 4.26. The lowest BCUT2D eigenvalue weighted by Gasteiger charge is -2.37. The summed E-state index contributed by atoms with van der Waals surface area (Å²) in [6, 6.07) is 5.17. The minimum absolute atomic E-state index is 0.0469. The van der Waals surface area contributed by atoms with Gasteiger partial charge < -0.3 is 9.80 Å². The fourth-order valence-electron chi connectivity index (χ4n) is 3.90. The van der Waals surface area contributed by atoms with Gasteiger partial charge in [0, 0.05) is 48.2 Å². The smallest absolute Gasteiger partial charge is 0.246 e. The number of piperidine rings is 2. The van der Waals surface area contributed by atoms with Crippen LogP contribution in [0.1, 0.15) is 38.2 Å². The molecular weight excluding hydrogens is 383 g/mol. The third-order valence-corrected chi connectivity index (χ3v) is 6.07. The highest BCUT2D eigenvalue weighted by atomic mass is 35.5. The predicted molar refractivity (Wildman–Crippen MR) is 110 cm³/mol. The lowest BCUT2D eigenvalue weighted by atomic mass is 9.92. The Morgan fingerprint density at radius 1 is 1.07 bits per heavy atom. The number of carbonyl (C=O) groups is 2. The van der Waals surface area contributed by atoms with Gasteiger partial charge in [0.2, 0.25) is 11.8 Å². The van der Waals surface area contributed by atoms with E-state index in [-0.39, 0.29) is 17.7 Å². The van der Waals surface area contributed by atoms with Crippen molar-refractivity contribution >= 4 is 41.1 Å². The zero-order valence-electron chi connectivity index (χ0n) is 15.7. The summed E-state index contributed by atoms with van der Waals surface area (Å²) < 4.78 is 0. The second kappa shape index (κ2) is 9.11. The van der Waals surface area contributed by atoms with Crippen molar-refractivity contribution in [1.29, 1.82) is 0 Å². The Bertz CT molecular complexity index is 727. The van der Waals surface area contributed by atoms with E-state index in [1.807, 2.05) is 4.90 Å². The van der Waals surface area contributed by atoms with Gasteiger partial charge in [-0.3, -0.25) is 9.59 Å². The van der Waals surface area contributed by atoms with Crippen molar-refractivity contribution in [3.63, 3.8) is 0 Å². The Kier molecular flexibility index (Phi) is 6.83. The molecule has 0 radical (unpaired) electrons. The minimum Gasteiger partial charge on any atom is -0.342 e. The van der Waals surface area contributed by atoms with E-state index in [9.17, 15) is 9.59 Å². The van der Waals surface area contributed by atoms with Gasteiger partial charge in [0.15, 0.2) is 0 Å². The third-order valence-electron chi connectivity index (χ3n) is 5.49. The summed E-state index contributed by atoms with van der Waals surface area (Å²) in [5, 5.41) is 1.14. The summed E-state index contributed by atoms with van der Waals surface area (Å²) in [6.45, 7) is 5.20. The number of nitrogens with zero attached hydrogens (tertiary/aromatic N) is 2. The SMILES string of the molecule is CC1CCCN(C(=O)C2CCN(C(=O)C=Cc3cc(Cl)ccc3Cl)CC2)C1. The van der Waals surface area contributed by atoms with Gasteiger partial charge >= 0.3 is 0 Å². The lowest BCUT2D eigenvalue weighted by molar-refractivity contribution is -0.140. The molecule has 4 nitrogen and oxygen atoms in total. The molecule has 1 aromatic rings. The van der Waals surface area contributed by atoms with Gasteiger partial charge in [0.05, 0.1) is 0 Å². The second-order valence-corrected chi connectivity index (χ2v) is 8.47. The second-order valence-electron chi connectivity index (χ2n) is 7.63. The summed E-state index contributed by atoms with van der Waals surface area (Å²) in [5.74, 6) is 0.858. The maximum atomic E-state index is 12.7. The Morgan fingerprint density at radius 3 is 2.52 bits per heavy atom. The first-order valence-corrected chi connectivity index (χ1v) is 10.4. The van der Waals surface area contributed by atoms with E-state index in [4.69, 9.17) is 23.2 Å². The van der Waals surface area contributed by atoms with Crippen molar-refractivity contribution in [2.75, 3.05) is 26.2 Å². The molecule has 2 aliphatic heterocycles. The third kappa shape index (κ3) is 5.26. The number of amides is 2. The van der Waals surface area contributed by atoms with Gasteiger partial charge in [-0.2, -0.15) is 0 Å². The molecule has 0 bridgehead atoms. The summed E-state index contributed by atoms with van der Waals surface area (Å²) in [6.07, 6.45) is 7.01. The van der Waals surface area contributed by atoms with Gasteiger partial charge in [-0.1, -0.05) is 30.1 Å². The summed E-state index contributed by atoms with van der Waals surface area (Å²) in [7, 11) is 0. The molecule has 0 N–H and O–H groups in total. The van der Waals surface area contributed by atoms with Gasteiger partial charge in [-0.15, -0.1) is 0 Å². The van der Waals surface area contributed by atoms with Crippen LogP contribution in [0.3, 0.4) is 0 Å². The Labute approximate surface area is 171 Å². The highest BCUT2D eigenvalue weighted by Crippen LogP contribution is 2.25. The van der Waals surface area contributed by atoms with Crippen molar-refractivity contribution in [2.24, 2.45) is 11.8 Å². The average molecular weight is 409 g/mol. The molecule has 2 aliphatic rings. The molecule has 2 saturated heterocycles. The average Bonchev–Trinajstić information content (AvgIpc) is 2.68. The number of hydrogen-bond acceptors (Lipinski definition) is 2. The van der Waals surface area contributed by atoms with Gasteiger partial charge in [-0.25, -0.2) is 0 Å². The van der Waals surface area contributed by atoms with E-state index in [1.54, 1.807) is 29.2 Å². The van der Waals surface area contributed by atoms with Gasteiger partial charge in [0.1, 0.15) is 0 Å². The van der Waals surface area contributed by atoms with Crippen LogP contribution in [-0.4, -0.2) is 47.8 Å². The maximum Gasteiger partial charge on any atom is 0.246 e. The van der Waals surface area contributed by atoms with Crippen molar-refractivity contribution < 1.29 is 9.59 Å². The summed E-state index contributed by atoms with van der Waals surface area (Å²) in [4.78, 5) is 29.0. The van der Waals surface area contributed by atoms with Crippen LogP contribution in [0.5, 0.6) is 0 Å². The van der Waals surface area contributed by atoms with E-state index in [1.165, 1.54) is 12.5 Å². The van der Waals surface area contributed by atoms with E-state index in [2.05, 4.69) is 6.92 Å². The van der Waals surface area contributed by atoms with Crippen LogP contribution in [-0.2, 0) is 9.59 Å². The van der Waals surface area contributed by atoms with Crippen LogP contribution in [0.15, 0.2) is 24.3 Å². The highest BCUT2D eigenvalue weighted by molar-refractivity contribution is 6.34. The van der Waals surface area contributed by atoms with Crippen LogP contribution < -0.4 is 0 Å². The number of hydrogen-bond donors (Lipinski definition) is 0. The molecule has 0 spiro atoms. The molecule has 2 heterocycles. The molecule has 27 heavy (non-hydrogen) atoms. The quantitative estimate of drug-likeness (QED) is 0.690. The summed E-state index contributed by atoms with van der Waals surface area (Å²) in [5.41, 5.74) is 0.724. The topological polar surface area (TPSA) is 40.6 Å². The van der Waals surface area contributed by atoms with E-state index in [0.29, 0.717) is 29.1 Å². The molecule has 2 amide bonds. The van der Waals surface area contributed by atoms with Gasteiger partial charge in [0.25, 0.3) is 0 Å². The highest BCUT2D eigenvalue weighted by Gasteiger charge is 2.31. The van der Waals surface area contributed by atoms with Crippen molar-refractivity contribution in [2.45, 2.75) is 32.6 Å². The first kappa shape index (κ1) is 20.2. The van der Waals surface area contributed by atoms with Crippen molar-refractivity contribution in [3.05, 3.63) is 39.9 Å². The Hall–Kier alpha value is -1.52. The number of carbonyl (C=O) groups excluding carboxylic acids is 2. The van der Waals surface area contributed by atoms with Crippen LogP contribution in [0.2, 0.25) is 10.0 Å². The molecule has 6 heteroatoms. The molecule has 1 aromatic carbocycles. The molecular formula is C21H26Cl2N2O2. The van der Waals surface area contributed by atoms with Crippen LogP contribution in [0, 0.1) is 11.8 Å². The van der Waals surface area contributed by atoms with E-state index >= 15 is 0 Å². The maximum absolute atomic E-state index is 12.7. The Morgan fingerprint density at radius 2 is 1.81 bits per heavy atom. The molecule has 1 unspecified atom stereocenters. The molecule has 1 atom stereocenters. The zero-order chi connectivity index (χ0) is 19.4. The number of halogens is 2. The molecule has 3 rings (SSSR count). The van der Waals surface area contributed by atoms with Crippen molar-refractivity contribution in [3.8, 4) is 0 Å². The Balaban J connectivity index is 1.52. The van der Waals surface area contributed by atoms with Crippen LogP contribution >= 0.6 is 23.2 Å². The predicted octanol–water partition coefficient (Wildman–Crippen LogP) is 4.50. The number of benzene rings is 1. The fraction of sp³-hybridized carbons (Fsp3) is 0.524. The van der Waals surface area contributed by atoms with Crippen LogP contribution in [0.25, 0.3) is 6.08 Å². The minimum atomic E-state index is -0.0523. The zero-order valence-corrected chi connectivity index (χ0v) is 17.2. The van der Waals surface area contributed by atoms with Gasteiger partial charge in [-0.05, 0) is 61.4 Å².